The third-order valence-corrected chi connectivity index (χ3v) is 2.90. The summed E-state index contributed by atoms with van der Waals surface area (Å²) >= 11 is 6.14. The topological polar surface area (TPSA) is 79.9 Å². The van der Waals surface area contributed by atoms with Crippen LogP contribution in [-0.2, 0) is 11.3 Å². The summed E-state index contributed by atoms with van der Waals surface area (Å²) in [5.41, 5.74) is 8.04. The predicted octanol–water partition coefficient (Wildman–Crippen LogP) is 2.12. The molecule has 0 aliphatic heterocycles. The Morgan fingerprint density at radius 3 is 2.90 bits per heavy atom. The summed E-state index contributed by atoms with van der Waals surface area (Å²) in [6, 6.07) is 5.28. The standard InChI is InChI=1S/C14H20ClN3O2/c1-10(2)9-20-6-5-17-8-12-4-3-11(7-13(12)15)14(16)18-19/h3-4,7,17,19H,1,5-6,8-9H2,2H3,(H2,16,18). The van der Waals surface area contributed by atoms with E-state index in [1.165, 1.54) is 0 Å². The summed E-state index contributed by atoms with van der Waals surface area (Å²) in [4.78, 5) is 0. The van der Waals surface area contributed by atoms with Crippen LogP contribution in [0.1, 0.15) is 18.1 Å². The van der Waals surface area contributed by atoms with E-state index in [1.54, 1.807) is 12.1 Å². The Hall–Kier alpha value is -1.56. The molecule has 0 bridgehead atoms. The summed E-state index contributed by atoms with van der Waals surface area (Å²) in [5.74, 6) is 0.0413. The van der Waals surface area contributed by atoms with Gasteiger partial charge >= 0.3 is 0 Å². The van der Waals surface area contributed by atoms with Gasteiger partial charge in [0.1, 0.15) is 0 Å². The van der Waals surface area contributed by atoms with Crippen molar-refractivity contribution in [2.75, 3.05) is 19.8 Å². The minimum Gasteiger partial charge on any atom is -0.409 e. The number of halogens is 1. The average molecular weight is 298 g/mol. The maximum absolute atomic E-state index is 8.60. The fraction of sp³-hybridized carbons (Fsp3) is 0.357. The first-order valence-electron chi connectivity index (χ1n) is 6.23. The van der Waals surface area contributed by atoms with Crippen LogP contribution in [0.3, 0.4) is 0 Å². The molecule has 0 saturated carbocycles. The quantitative estimate of drug-likeness (QED) is 0.171. The molecule has 0 spiro atoms. The Labute approximate surface area is 124 Å². The van der Waals surface area contributed by atoms with Gasteiger partial charge in [-0.25, -0.2) is 0 Å². The predicted molar refractivity (Wildman–Crippen MR) is 81.3 cm³/mol. The first-order chi connectivity index (χ1) is 9.54. The molecule has 5 nitrogen and oxygen atoms in total. The third kappa shape index (κ3) is 5.61. The maximum Gasteiger partial charge on any atom is 0.170 e. The Balaban J connectivity index is 2.39. The van der Waals surface area contributed by atoms with E-state index in [9.17, 15) is 0 Å². The molecule has 1 rings (SSSR count). The van der Waals surface area contributed by atoms with E-state index in [0.29, 0.717) is 30.3 Å². The van der Waals surface area contributed by atoms with Gasteiger partial charge in [0.25, 0.3) is 0 Å². The summed E-state index contributed by atoms with van der Waals surface area (Å²) in [7, 11) is 0. The van der Waals surface area contributed by atoms with E-state index >= 15 is 0 Å². The number of ether oxygens (including phenoxy) is 1. The van der Waals surface area contributed by atoms with Gasteiger partial charge in [-0.1, -0.05) is 41.0 Å². The average Bonchev–Trinajstić information content (AvgIpc) is 2.42. The zero-order valence-corrected chi connectivity index (χ0v) is 12.3. The summed E-state index contributed by atoms with van der Waals surface area (Å²) in [6.45, 7) is 8.24. The zero-order valence-electron chi connectivity index (χ0n) is 11.5. The summed E-state index contributed by atoms with van der Waals surface area (Å²) in [5, 5.41) is 15.3. The number of nitrogens with one attached hydrogen (secondary N) is 1. The van der Waals surface area contributed by atoms with Gasteiger partial charge in [0.05, 0.1) is 13.2 Å². The van der Waals surface area contributed by atoms with E-state index in [-0.39, 0.29) is 5.84 Å². The minimum atomic E-state index is 0.0413. The van der Waals surface area contributed by atoms with Crippen molar-refractivity contribution >= 4 is 17.4 Å². The largest absolute Gasteiger partial charge is 0.409 e. The number of hydrogen-bond acceptors (Lipinski definition) is 4. The second kappa shape index (κ2) is 8.58. The minimum absolute atomic E-state index is 0.0413. The summed E-state index contributed by atoms with van der Waals surface area (Å²) in [6.07, 6.45) is 0. The lowest BCUT2D eigenvalue weighted by atomic mass is 10.1. The molecule has 0 atom stereocenters. The van der Waals surface area contributed by atoms with Crippen LogP contribution < -0.4 is 11.1 Å². The van der Waals surface area contributed by atoms with E-state index in [0.717, 1.165) is 17.7 Å². The molecule has 20 heavy (non-hydrogen) atoms. The van der Waals surface area contributed by atoms with Crippen LogP contribution in [0.2, 0.25) is 5.02 Å². The normalized spacial score (nSPS) is 11.6. The van der Waals surface area contributed by atoms with Crippen molar-refractivity contribution in [3.8, 4) is 0 Å². The molecule has 110 valence electrons. The van der Waals surface area contributed by atoms with Gasteiger partial charge in [0.15, 0.2) is 5.84 Å². The van der Waals surface area contributed by atoms with Crippen molar-refractivity contribution < 1.29 is 9.94 Å². The SMILES string of the molecule is C=C(C)COCCNCc1ccc(/C(N)=N/O)cc1Cl. The van der Waals surface area contributed by atoms with Gasteiger partial charge in [-0.05, 0) is 18.6 Å². The lowest BCUT2D eigenvalue weighted by Crippen LogP contribution is -2.20. The number of rotatable bonds is 8. The van der Waals surface area contributed by atoms with E-state index in [4.69, 9.17) is 27.3 Å². The Bertz CT molecular complexity index is 489. The number of amidine groups is 1. The van der Waals surface area contributed by atoms with E-state index in [1.807, 2.05) is 13.0 Å². The van der Waals surface area contributed by atoms with Crippen LogP contribution in [0.5, 0.6) is 0 Å². The smallest absolute Gasteiger partial charge is 0.170 e. The first kappa shape index (κ1) is 16.5. The number of oxime groups is 1. The fourth-order valence-corrected chi connectivity index (χ4v) is 1.77. The first-order valence-corrected chi connectivity index (χ1v) is 6.61. The van der Waals surface area contributed by atoms with Gasteiger partial charge in [-0.15, -0.1) is 0 Å². The molecule has 0 fully saturated rings. The lowest BCUT2D eigenvalue weighted by molar-refractivity contribution is 0.158. The van der Waals surface area contributed by atoms with Crippen molar-refractivity contribution in [1.82, 2.24) is 5.32 Å². The molecule has 6 heteroatoms. The third-order valence-electron chi connectivity index (χ3n) is 2.54. The summed E-state index contributed by atoms with van der Waals surface area (Å²) < 4.78 is 5.37. The van der Waals surface area contributed by atoms with Crippen molar-refractivity contribution in [3.05, 3.63) is 46.5 Å². The molecule has 0 radical (unpaired) electrons. The highest BCUT2D eigenvalue weighted by atomic mass is 35.5. The second-order valence-corrected chi connectivity index (χ2v) is 4.89. The number of nitrogens with two attached hydrogens (primary N) is 1. The molecular formula is C14H20ClN3O2. The number of nitrogens with zero attached hydrogens (tertiary/aromatic N) is 1. The highest BCUT2D eigenvalue weighted by molar-refractivity contribution is 6.31. The van der Waals surface area contributed by atoms with Crippen molar-refractivity contribution in [3.63, 3.8) is 0 Å². The molecular weight excluding hydrogens is 278 g/mol. The maximum atomic E-state index is 8.60. The van der Waals surface area contributed by atoms with Gasteiger partial charge in [-0.3, -0.25) is 0 Å². The number of benzene rings is 1. The van der Waals surface area contributed by atoms with Crippen LogP contribution in [-0.4, -0.2) is 30.8 Å². The van der Waals surface area contributed by atoms with Crippen LogP contribution >= 0.6 is 11.6 Å². The van der Waals surface area contributed by atoms with Crippen LogP contribution in [0.15, 0.2) is 35.5 Å². The Kier molecular flexibility index (Phi) is 7.08. The van der Waals surface area contributed by atoms with Crippen LogP contribution in [0.25, 0.3) is 0 Å². The molecule has 0 aliphatic rings. The van der Waals surface area contributed by atoms with E-state index < -0.39 is 0 Å². The van der Waals surface area contributed by atoms with E-state index in [2.05, 4.69) is 17.1 Å². The van der Waals surface area contributed by atoms with Crippen molar-refractivity contribution in [2.24, 2.45) is 10.9 Å². The second-order valence-electron chi connectivity index (χ2n) is 4.48. The highest BCUT2D eigenvalue weighted by Crippen LogP contribution is 2.17. The molecule has 0 aromatic heterocycles. The van der Waals surface area contributed by atoms with Crippen molar-refractivity contribution in [1.29, 1.82) is 0 Å². The van der Waals surface area contributed by atoms with Crippen LogP contribution in [0, 0.1) is 0 Å². The van der Waals surface area contributed by atoms with Gasteiger partial charge in [0, 0.05) is 23.7 Å². The zero-order chi connectivity index (χ0) is 15.0. The van der Waals surface area contributed by atoms with Gasteiger partial charge in [-0.2, -0.15) is 0 Å². The van der Waals surface area contributed by atoms with Gasteiger partial charge in [0.2, 0.25) is 0 Å². The molecule has 0 saturated heterocycles. The molecule has 0 unspecified atom stereocenters. The van der Waals surface area contributed by atoms with Crippen LogP contribution in [0.4, 0.5) is 0 Å². The lowest BCUT2D eigenvalue weighted by Gasteiger charge is -2.09. The Morgan fingerprint density at radius 1 is 1.55 bits per heavy atom. The molecule has 1 aromatic rings. The van der Waals surface area contributed by atoms with Crippen molar-refractivity contribution in [2.45, 2.75) is 13.5 Å². The fourth-order valence-electron chi connectivity index (χ4n) is 1.52. The molecule has 4 N–H and O–H groups in total. The number of hydrogen-bond donors (Lipinski definition) is 3. The molecule has 1 aromatic carbocycles. The molecule has 0 amide bonds. The Morgan fingerprint density at radius 2 is 2.30 bits per heavy atom. The molecule has 0 aliphatic carbocycles. The van der Waals surface area contributed by atoms with Gasteiger partial charge < -0.3 is 21.0 Å². The molecule has 0 heterocycles. The monoisotopic (exact) mass is 297 g/mol. The highest BCUT2D eigenvalue weighted by Gasteiger charge is 2.04.